The van der Waals surface area contributed by atoms with E-state index in [2.05, 4.69) is 5.16 Å². The maximum absolute atomic E-state index is 12.6. The fourth-order valence-corrected chi connectivity index (χ4v) is 4.35. The first-order valence-corrected chi connectivity index (χ1v) is 8.08. The number of hydrogen-bond donors (Lipinski definition) is 1. The minimum absolute atomic E-state index is 0.180. The molecule has 0 atom stereocenters. The second-order valence-electron chi connectivity index (χ2n) is 4.98. The molecule has 1 fully saturated rings. The molecule has 1 saturated carbocycles. The third kappa shape index (κ3) is 2.33. The topological polar surface area (TPSA) is 97.5 Å². The van der Waals surface area contributed by atoms with Gasteiger partial charge in [-0.15, -0.1) is 0 Å². The summed E-state index contributed by atoms with van der Waals surface area (Å²) in [6.07, 6.45) is 2.24. The maximum atomic E-state index is 12.6. The summed E-state index contributed by atoms with van der Waals surface area (Å²) in [5.41, 5.74) is 0.589. The summed E-state index contributed by atoms with van der Waals surface area (Å²) in [4.78, 5) is 11.0. The molecule has 0 radical (unpaired) electrons. The summed E-state index contributed by atoms with van der Waals surface area (Å²) in [7, 11) is -3.42. The number of hydrogen-bond acceptors (Lipinski definition) is 5. The Bertz CT molecular complexity index is 789. The van der Waals surface area contributed by atoms with E-state index >= 15 is 0 Å². The molecule has 0 saturated heterocycles. The van der Waals surface area contributed by atoms with Crippen molar-refractivity contribution in [1.82, 2.24) is 5.16 Å². The van der Waals surface area contributed by atoms with Gasteiger partial charge in [0.2, 0.25) is 5.76 Å². The lowest BCUT2D eigenvalue weighted by Gasteiger charge is -2.25. The van der Waals surface area contributed by atoms with Crippen molar-refractivity contribution in [2.45, 2.75) is 29.4 Å². The average Bonchev–Trinajstić information content (AvgIpc) is 2.85. The first kappa shape index (κ1) is 13.8. The Kier molecular flexibility index (Phi) is 3.29. The summed E-state index contributed by atoms with van der Waals surface area (Å²) in [5, 5.41) is 12.2. The molecule has 1 aliphatic carbocycles. The first-order chi connectivity index (χ1) is 10.00. The third-order valence-electron chi connectivity index (χ3n) is 3.68. The normalized spacial score (nSPS) is 15.6. The molecular weight excluding hydrogens is 294 g/mol. The number of nitrogens with zero attached hydrogens (tertiary/aromatic N) is 1. The molecule has 1 aliphatic rings. The quantitative estimate of drug-likeness (QED) is 0.931. The number of carbonyl (C=O) groups is 1. The molecule has 21 heavy (non-hydrogen) atoms. The molecule has 1 aromatic heterocycles. The summed E-state index contributed by atoms with van der Waals surface area (Å²) < 4.78 is 29.9. The van der Waals surface area contributed by atoms with Crippen LogP contribution in [0.25, 0.3) is 11.3 Å². The molecular formula is C14H13NO5S. The Labute approximate surface area is 121 Å². The van der Waals surface area contributed by atoms with Gasteiger partial charge in [0.05, 0.1) is 10.1 Å². The van der Waals surface area contributed by atoms with Crippen molar-refractivity contribution in [2.24, 2.45) is 0 Å². The van der Waals surface area contributed by atoms with E-state index in [1.54, 1.807) is 18.2 Å². The van der Waals surface area contributed by atoms with Gasteiger partial charge in [0.25, 0.3) is 0 Å². The molecule has 7 heteroatoms. The lowest BCUT2D eigenvalue weighted by atomic mass is 10.00. The van der Waals surface area contributed by atoms with E-state index in [-0.39, 0.29) is 21.6 Å². The predicted molar refractivity (Wildman–Crippen MR) is 73.7 cm³/mol. The highest BCUT2D eigenvalue weighted by atomic mass is 32.2. The summed E-state index contributed by atoms with van der Waals surface area (Å²) in [6, 6.07) is 7.70. The van der Waals surface area contributed by atoms with Gasteiger partial charge in [0.1, 0.15) is 5.69 Å². The Morgan fingerprint density at radius 2 is 2.00 bits per heavy atom. The van der Waals surface area contributed by atoms with Gasteiger partial charge >= 0.3 is 5.97 Å². The molecule has 0 amide bonds. The zero-order valence-electron chi connectivity index (χ0n) is 11.0. The van der Waals surface area contributed by atoms with Crippen LogP contribution in [0.5, 0.6) is 0 Å². The standard InChI is InChI=1S/C14H13NO5S/c16-14(17)12-8-11(15-20-12)10-6-1-2-7-13(10)21(18,19)9-4-3-5-9/h1-2,6-9H,3-5H2,(H,16,17). The number of carboxylic acid groups (broad SMARTS) is 1. The van der Waals surface area contributed by atoms with E-state index in [1.807, 2.05) is 0 Å². The second-order valence-corrected chi connectivity index (χ2v) is 7.17. The summed E-state index contributed by atoms with van der Waals surface area (Å²) in [6.45, 7) is 0. The molecule has 0 unspecified atom stereocenters. The Morgan fingerprint density at radius 3 is 2.57 bits per heavy atom. The fourth-order valence-electron chi connectivity index (χ4n) is 2.29. The number of aromatic nitrogens is 1. The third-order valence-corrected chi connectivity index (χ3v) is 6.00. The summed E-state index contributed by atoms with van der Waals surface area (Å²) >= 11 is 0. The van der Waals surface area contributed by atoms with Gasteiger partial charge in [-0.3, -0.25) is 0 Å². The van der Waals surface area contributed by atoms with Crippen molar-refractivity contribution in [3.05, 3.63) is 36.1 Å². The SMILES string of the molecule is O=C(O)c1cc(-c2ccccc2S(=O)(=O)C2CCC2)no1. The molecule has 2 aromatic rings. The van der Waals surface area contributed by atoms with Crippen LogP contribution in [0.3, 0.4) is 0 Å². The highest BCUT2D eigenvalue weighted by Crippen LogP contribution is 2.35. The van der Waals surface area contributed by atoms with Crippen molar-refractivity contribution in [1.29, 1.82) is 0 Å². The van der Waals surface area contributed by atoms with Gasteiger partial charge in [0.15, 0.2) is 9.84 Å². The molecule has 1 N–H and O–H groups in total. The Morgan fingerprint density at radius 1 is 1.29 bits per heavy atom. The van der Waals surface area contributed by atoms with E-state index in [9.17, 15) is 13.2 Å². The first-order valence-electron chi connectivity index (χ1n) is 6.53. The highest BCUT2D eigenvalue weighted by Gasteiger charge is 2.34. The van der Waals surface area contributed by atoms with E-state index < -0.39 is 15.8 Å². The largest absolute Gasteiger partial charge is 0.475 e. The molecule has 0 bridgehead atoms. The smallest absolute Gasteiger partial charge is 0.374 e. The molecule has 110 valence electrons. The zero-order valence-corrected chi connectivity index (χ0v) is 11.8. The van der Waals surface area contributed by atoms with Crippen LogP contribution in [0.4, 0.5) is 0 Å². The van der Waals surface area contributed by atoms with E-state index in [1.165, 1.54) is 12.1 Å². The minimum Gasteiger partial charge on any atom is -0.475 e. The van der Waals surface area contributed by atoms with Crippen LogP contribution in [0.1, 0.15) is 29.8 Å². The number of benzene rings is 1. The lowest BCUT2D eigenvalue weighted by molar-refractivity contribution is 0.0652. The second kappa shape index (κ2) is 5.00. The Balaban J connectivity index is 2.09. The van der Waals surface area contributed by atoms with Crippen LogP contribution in [-0.2, 0) is 9.84 Å². The molecule has 1 heterocycles. The maximum Gasteiger partial charge on any atom is 0.374 e. The van der Waals surface area contributed by atoms with Crippen LogP contribution in [0, 0.1) is 0 Å². The molecule has 0 spiro atoms. The molecule has 6 nitrogen and oxygen atoms in total. The van der Waals surface area contributed by atoms with Crippen molar-refractivity contribution in [2.75, 3.05) is 0 Å². The van der Waals surface area contributed by atoms with Gasteiger partial charge in [-0.05, 0) is 18.9 Å². The molecule has 0 aliphatic heterocycles. The van der Waals surface area contributed by atoms with Gasteiger partial charge in [-0.1, -0.05) is 29.8 Å². The number of carboxylic acids is 1. The number of aromatic carboxylic acids is 1. The molecule has 1 aromatic carbocycles. The van der Waals surface area contributed by atoms with Crippen molar-refractivity contribution < 1.29 is 22.8 Å². The van der Waals surface area contributed by atoms with Crippen molar-refractivity contribution in [3.8, 4) is 11.3 Å². The van der Waals surface area contributed by atoms with Crippen LogP contribution >= 0.6 is 0 Å². The van der Waals surface area contributed by atoms with Gasteiger partial charge in [-0.25, -0.2) is 13.2 Å². The van der Waals surface area contributed by atoms with E-state index in [4.69, 9.17) is 9.63 Å². The minimum atomic E-state index is -3.42. The van der Waals surface area contributed by atoms with E-state index in [0.717, 1.165) is 6.42 Å². The van der Waals surface area contributed by atoms with Crippen LogP contribution in [0.2, 0.25) is 0 Å². The zero-order chi connectivity index (χ0) is 15.0. The van der Waals surface area contributed by atoms with Crippen molar-refractivity contribution >= 4 is 15.8 Å². The van der Waals surface area contributed by atoms with Gasteiger partial charge in [0, 0.05) is 11.6 Å². The van der Waals surface area contributed by atoms with Crippen LogP contribution in [-0.4, -0.2) is 29.9 Å². The van der Waals surface area contributed by atoms with Crippen LogP contribution in [0.15, 0.2) is 39.8 Å². The fraction of sp³-hybridized carbons (Fsp3) is 0.286. The number of rotatable bonds is 4. The van der Waals surface area contributed by atoms with Crippen LogP contribution < -0.4 is 0 Å². The summed E-state index contributed by atoms with van der Waals surface area (Å²) in [5.74, 6) is -1.56. The predicted octanol–water partition coefficient (Wildman–Crippen LogP) is 2.37. The van der Waals surface area contributed by atoms with E-state index in [0.29, 0.717) is 18.4 Å². The lowest BCUT2D eigenvalue weighted by Crippen LogP contribution is -2.28. The monoisotopic (exact) mass is 307 g/mol. The number of sulfone groups is 1. The van der Waals surface area contributed by atoms with Gasteiger partial charge < -0.3 is 9.63 Å². The average molecular weight is 307 g/mol. The van der Waals surface area contributed by atoms with Gasteiger partial charge in [-0.2, -0.15) is 0 Å². The Hall–Kier alpha value is -2.15. The molecule has 3 rings (SSSR count). The van der Waals surface area contributed by atoms with Crippen molar-refractivity contribution in [3.63, 3.8) is 0 Å². The highest BCUT2D eigenvalue weighted by molar-refractivity contribution is 7.92.